The molecule has 0 aliphatic rings. The fourth-order valence-corrected chi connectivity index (χ4v) is 0. The minimum atomic E-state index is 0.250. The Bertz CT molecular complexity index is 42.9. The lowest BCUT2D eigenvalue weighted by Crippen LogP contribution is -1.47. The third-order valence-electron chi connectivity index (χ3n) is 0.500. The number of hydrogen-bond donors (Lipinski definition) is 0. The number of hydrogen-bond acceptors (Lipinski definition) is 2. The zero-order chi connectivity index (χ0) is 8.12. The highest BCUT2D eigenvalue weighted by Crippen LogP contribution is 1.76. The van der Waals surface area contributed by atoms with Crippen molar-refractivity contribution in [2.45, 2.75) is 40.5 Å². The smallest absolute Gasteiger partial charge is 0.186 e. The van der Waals surface area contributed by atoms with Crippen LogP contribution in [0, 0.1) is 0 Å². The van der Waals surface area contributed by atoms with Gasteiger partial charge >= 0.3 is 6.15 Å². The number of unbranched alkanes of at least 4 members (excludes halogenated alkanes) is 1. The first kappa shape index (κ1) is 15.8. The molecule has 0 saturated heterocycles. The van der Waals surface area contributed by atoms with E-state index in [0.717, 1.165) is 0 Å². The van der Waals surface area contributed by atoms with Crippen LogP contribution in [0.25, 0.3) is 0 Å². The Morgan fingerprint density at radius 1 is 1.00 bits per heavy atom. The van der Waals surface area contributed by atoms with E-state index in [2.05, 4.69) is 13.8 Å². The van der Waals surface area contributed by atoms with Crippen LogP contribution in [-0.4, -0.2) is 6.15 Å². The number of carbonyl (C=O) groups excluding carboxylic acids is 2. The van der Waals surface area contributed by atoms with Gasteiger partial charge in [0.25, 0.3) is 0 Å². The lowest BCUT2D eigenvalue weighted by Gasteiger charge is -1.68. The fourth-order valence-electron chi connectivity index (χ4n) is 0. The summed E-state index contributed by atoms with van der Waals surface area (Å²) in [6, 6.07) is 0. The minimum absolute atomic E-state index is 0.250. The Kier molecular flexibility index (Phi) is 92.9. The van der Waals surface area contributed by atoms with E-state index in [1.54, 1.807) is 0 Å². The first-order valence-electron chi connectivity index (χ1n) is 3.32. The summed E-state index contributed by atoms with van der Waals surface area (Å²) in [6.07, 6.45) is 2.89. The predicted octanol–water partition coefficient (Wildman–Crippen LogP) is 2.25. The average Bonchev–Trinajstić information content (AvgIpc) is 1.94. The fraction of sp³-hybridized carbons (Fsp3) is 0.857. The molecule has 9 heavy (non-hydrogen) atoms. The standard InChI is InChI=1S/C4H10.C2H6.CO2/c1-3-4-2;1-2;2-1-3/h3-4H2,1-2H3;1-2H3;. The molecule has 0 aromatic heterocycles. The molecule has 0 bridgehead atoms. The molecule has 0 aliphatic carbocycles. The van der Waals surface area contributed by atoms with Gasteiger partial charge in [0.15, 0.2) is 0 Å². The Balaban J connectivity index is -0.0000000646. The summed E-state index contributed by atoms with van der Waals surface area (Å²) in [7, 11) is 0. The van der Waals surface area contributed by atoms with Gasteiger partial charge in [-0.1, -0.05) is 40.5 Å². The van der Waals surface area contributed by atoms with Gasteiger partial charge in [0.05, 0.1) is 0 Å². The van der Waals surface area contributed by atoms with Crippen molar-refractivity contribution < 1.29 is 9.59 Å². The molecular weight excluding hydrogens is 116 g/mol. The van der Waals surface area contributed by atoms with Crippen molar-refractivity contribution in [3.8, 4) is 0 Å². The van der Waals surface area contributed by atoms with Gasteiger partial charge in [0.2, 0.25) is 0 Å². The SMILES string of the molecule is CC.CCCC.O=C=O. The summed E-state index contributed by atoms with van der Waals surface area (Å²) >= 11 is 0. The Hall–Kier alpha value is -0.620. The molecule has 0 fully saturated rings. The van der Waals surface area contributed by atoms with Crippen LogP contribution in [0.4, 0.5) is 0 Å². The molecule has 0 aromatic carbocycles. The van der Waals surface area contributed by atoms with Crippen LogP contribution in [0.3, 0.4) is 0 Å². The highest BCUT2D eigenvalue weighted by molar-refractivity contribution is 5.20. The Labute approximate surface area is 57.3 Å². The maximum absolute atomic E-state index is 8.12. The van der Waals surface area contributed by atoms with Gasteiger partial charge in [0, 0.05) is 0 Å². The van der Waals surface area contributed by atoms with E-state index < -0.39 is 0 Å². The van der Waals surface area contributed by atoms with Crippen LogP contribution in [0.2, 0.25) is 0 Å². The van der Waals surface area contributed by atoms with Crippen LogP contribution in [0.15, 0.2) is 0 Å². The zero-order valence-electron chi connectivity index (χ0n) is 6.73. The second kappa shape index (κ2) is 53.0. The summed E-state index contributed by atoms with van der Waals surface area (Å²) in [6.45, 7) is 8.36. The normalized spacial score (nSPS) is 4.89. The zero-order valence-corrected chi connectivity index (χ0v) is 6.73. The van der Waals surface area contributed by atoms with Crippen molar-refractivity contribution in [2.75, 3.05) is 0 Å². The van der Waals surface area contributed by atoms with Gasteiger partial charge in [-0.15, -0.1) is 0 Å². The molecular formula is C7H16O2. The van der Waals surface area contributed by atoms with Gasteiger partial charge in [-0.2, -0.15) is 9.59 Å². The molecule has 0 amide bonds. The van der Waals surface area contributed by atoms with Gasteiger partial charge in [-0.05, 0) is 0 Å². The lowest BCUT2D eigenvalue weighted by atomic mass is 10.4. The maximum Gasteiger partial charge on any atom is 0.373 e. The molecule has 2 heteroatoms. The molecule has 0 N–H and O–H groups in total. The topological polar surface area (TPSA) is 34.1 Å². The lowest BCUT2D eigenvalue weighted by molar-refractivity contribution is -0.191. The monoisotopic (exact) mass is 132 g/mol. The van der Waals surface area contributed by atoms with Crippen LogP contribution >= 0.6 is 0 Å². The van der Waals surface area contributed by atoms with Crippen molar-refractivity contribution >= 4 is 6.15 Å². The van der Waals surface area contributed by atoms with E-state index in [1.807, 2.05) is 13.8 Å². The molecule has 56 valence electrons. The van der Waals surface area contributed by atoms with Crippen molar-refractivity contribution in [3.63, 3.8) is 0 Å². The van der Waals surface area contributed by atoms with Crippen molar-refractivity contribution in [3.05, 3.63) is 0 Å². The van der Waals surface area contributed by atoms with Crippen LogP contribution in [0.1, 0.15) is 40.5 Å². The summed E-state index contributed by atoms with van der Waals surface area (Å²) in [5.74, 6) is 0. The number of rotatable bonds is 1. The first-order chi connectivity index (χ1) is 4.33. The first-order valence-corrected chi connectivity index (χ1v) is 3.32. The van der Waals surface area contributed by atoms with Crippen molar-refractivity contribution in [1.82, 2.24) is 0 Å². The van der Waals surface area contributed by atoms with E-state index in [9.17, 15) is 0 Å². The Morgan fingerprint density at radius 3 is 1.11 bits per heavy atom. The maximum atomic E-state index is 8.12. The molecule has 0 aliphatic heterocycles. The average molecular weight is 132 g/mol. The summed E-state index contributed by atoms with van der Waals surface area (Å²) in [5.41, 5.74) is 0. The van der Waals surface area contributed by atoms with E-state index in [-0.39, 0.29) is 6.15 Å². The van der Waals surface area contributed by atoms with Crippen molar-refractivity contribution in [2.24, 2.45) is 0 Å². The van der Waals surface area contributed by atoms with Crippen LogP contribution in [-0.2, 0) is 9.59 Å². The highest BCUT2D eigenvalue weighted by Gasteiger charge is 1.56. The molecule has 0 saturated carbocycles. The summed E-state index contributed by atoms with van der Waals surface area (Å²) in [4.78, 5) is 16.2. The quantitative estimate of drug-likeness (QED) is 0.548. The van der Waals surface area contributed by atoms with Gasteiger partial charge in [-0.3, -0.25) is 0 Å². The second-order valence-corrected chi connectivity index (χ2v) is 1.08. The van der Waals surface area contributed by atoms with E-state index in [1.165, 1.54) is 12.8 Å². The second-order valence-electron chi connectivity index (χ2n) is 1.08. The molecule has 2 nitrogen and oxygen atoms in total. The molecule has 0 spiro atoms. The third-order valence-corrected chi connectivity index (χ3v) is 0.500. The largest absolute Gasteiger partial charge is 0.373 e. The molecule has 0 radical (unpaired) electrons. The van der Waals surface area contributed by atoms with E-state index >= 15 is 0 Å². The molecule has 0 aromatic rings. The van der Waals surface area contributed by atoms with Crippen molar-refractivity contribution in [1.29, 1.82) is 0 Å². The Morgan fingerprint density at radius 2 is 1.11 bits per heavy atom. The molecule has 0 unspecified atom stereocenters. The molecule has 0 heterocycles. The summed E-state index contributed by atoms with van der Waals surface area (Å²) < 4.78 is 0. The predicted molar refractivity (Wildman–Crippen MR) is 36.9 cm³/mol. The van der Waals surface area contributed by atoms with Gasteiger partial charge in [0.1, 0.15) is 0 Å². The highest BCUT2D eigenvalue weighted by atomic mass is 16.2. The molecule has 0 rings (SSSR count). The van der Waals surface area contributed by atoms with E-state index in [0.29, 0.717) is 0 Å². The molecule has 0 atom stereocenters. The van der Waals surface area contributed by atoms with Crippen LogP contribution < -0.4 is 0 Å². The van der Waals surface area contributed by atoms with Crippen LogP contribution in [0.5, 0.6) is 0 Å². The van der Waals surface area contributed by atoms with E-state index in [4.69, 9.17) is 9.59 Å². The van der Waals surface area contributed by atoms with Gasteiger partial charge in [-0.25, -0.2) is 0 Å². The third kappa shape index (κ3) is 1480. The van der Waals surface area contributed by atoms with Gasteiger partial charge < -0.3 is 0 Å². The summed E-state index contributed by atoms with van der Waals surface area (Å²) in [5, 5.41) is 0. The minimum Gasteiger partial charge on any atom is -0.186 e.